The molecule has 13 nitrogen and oxygen atoms in total. The number of furan rings is 3. The lowest BCUT2D eigenvalue weighted by Crippen LogP contribution is -2.25. The molecular formula is C27H23N5O8. The number of carbonyl (C=O) groups is 4. The van der Waals surface area contributed by atoms with Gasteiger partial charge in [0.25, 0.3) is 17.7 Å². The highest BCUT2D eigenvalue weighted by atomic mass is 16.5. The maximum absolute atomic E-state index is 12.6. The minimum Gasteiger partial charge on any atom is -0.457 e. The smallest absolute Gasteiger partial charge is 0.411 e. The number of hydrogen-bond donors (Lipinski definition) is 5. The standard InChI is InChI=1S/C27H23N5O8/c1-37-27(36)32-18-10-23(40-14-18)26(35)31-17-9-22(39-13-17)25(34)30-16-8-21(38-12-16)24(33)28-7-6-15-11-29-20-5-3-2-4-19(15)20/h2-5,8-14,29H,6-7H2,1H3,(H,28,33)(H,30,34)(H,31,35)(H,32,36). The summed E-state index contributed by atoms with van der Waals surface area (Å²) in [7, 11) is 1.20. The molecule has 4 heterocycles. The molecule has 0 saturated carbocycles. The number of H-pyrrole nitrogens is 1. The molecule has 0 saturated heterocycles. The van der Waals surface area contributed by atoms with Crippen LogP contribution in [0, 0.1) is 0 Å². The second-order valence-corrected chi connectivity index (χ2v) is 8.49. The topological polar surface area (TPSA) is 181 Å². The second-order valence-electron chi connectivity index (χ2n) is 8.49. The number of amides is 4. The number of anilines is 3. The monoisotopic (exact) mass is 545 g/mol. The van der Waals surface area contributed by atoms with Crippen molar-refractivity contribution >= 4 is 51.8 Å². The molecule has 5 aromatic rings. The third-order valence-corrected chi connectivity index (χ3v) is 5.77. The lowest BCUT2D eigenvalue weighted by Gasteiger charge is -2.02. The largest absolute Gasteiger partial charge is 0.457 e. The Balaban J connectivity index is 1.11. The van der Waals surface area contributed by atoms with Gasteiger partial charge in [-0.05, 0) is 18.1 Å². The molecule has 0 radical (unpaired) electrons. The van der Waals surface area contributed by atoms with Gasteiger partial charge in [0.15, 0.2) is 17.3 Å². The van der Waals surface area contributed by atoms with Crippen molar-refractivity contribution in [3.05, 3.63) is 90.3 Å². The second kappa shape index (κ2) is 11.3. The summed E-state index contributed by atoms with van der Waals surface area (Å²) in [4.78, 5) is 51.9. The average molecular weight is 546 g/mol. The van der Waals surface area contributed by atoms with Gasteiger partial charge in [0.1, 0.15) is 18.8 Å². The minimum atomic E-state index is -0.718. The van der Waals surface area contributed by atoms with Gasteiger partial charge in [-0.15, -0.1) is 0 Å². The molecule has 204 valence electrons. The molecule has 5 rings (SSSR count). The Bertz CT molecular complexity index is 1690. The molecule has 0 bridgehead atoms. The molecule has 0 aliphatic heterocycles. The van der Waals surface area contributed by atoms with Crippen LogP contribution in [0.1, 0.15) is 37.2 Å². The van der Waals surface area contributed by atoms with Crippen molar-refractivity contribution in [2.75, 3.05) is 29.6 Å². The maximum Gasteiger partial charge on any atom is 0.411 e. The van der Waals surface area contributed by atoms with E-state index in [1.807, 2.05) is 30.5 Å². The van der Waals surface area contributed by atoms with E-state index in [4.69, 9.17) is 13.3 Å². The van der Waals surface area contributed by atoms with Gasteiger partial charge in [0, 0.05) is 41.8 Å². The molecule has 0 unspecified atom stereocenters. The Morgan fingerprint density at radius 3 is 1.93 bits per heavy atom. The summed E-state index contributed by atoms with van der Waals surface area (Å²) in [6.07, 6.45) is 5.40. The van der Waals surface area contributed by atoms with E-state index in [0.29, 0.717) is 13.0 Å². The highest BCUT2D eigenvalue weighted by Gasteiger charge is 2.18. The molecule has 5 N–H and O–H groups in total. The average Bonchev–Trinajstić information content (AvgIpc) is 3.76. The van der Waals surface area contributed by atoms with Gasteiger partial charge in [-0.2, -0.15) is 0 Å². The number of ether oxygens (including phenoxy) is 1. The van der Waals surface area contributed by atoms with E-state index >= 15 is 0 Å². The van der Waals surface area contributed by atoms with E-state index in [9.17, 15) is 19.2 Å². The fourth-order valence-electron chi connectivity index (χ4n) is 3.85. The van der Waals surface area contributed by atoms with Gasteiger partial charge in [-0.1, -0.05) is 18.2 Å². The number of fused-ring (bicyclic) bond motifs is 1. The molecule has 0 spiro atoms. The molecule has 0 aliphatic rings. The van der Waals surface area contributed by atoms with E-state index in [0.717, 1.165) is 16.5 Å². The summed E-state index contributed by atoms with van der Waals surface area (Å²) >= 11 is 0. The molecule has 0 fully saturated rings. The first kappa shape index (κ1) is 25.9. The zero-order valence-electron chi connectivity index (χ0n) is 21.0. The fraction of sp³-hybridized carbons (Fsp3) is 0.111. The number of carbonyl (C=O) groups excluding carboxylic acids is 4. The van der Waals surface area contributed by atoms with E-state index in [-0.39, 0.29) is 34.3 Å². The number of methoxy groups -OCH3 is 1. The molecule has 1 aromatic carbocycles. The van der Waals surface area contributed by atoms with Crippen LogP contribution in [-0.2, 0) is 11.2 Å². The van der Waals surface area contributed by atoms with Crippen LogP contribution in [0.5, 0.6) is 0 Å². The highest BCUT2D eigenvalue weighted by molar-refractivity contribution is 6.06. The van der Waals surface area contributed by atoms with Crippen LogP contribution in [0.4, 0.5) is 21.9 Å². The van der Waals surface area contributed by atoms with Crippen LogP contribution in [-0.4, -0.2) is 42.5 Å². The van der Waals surface area contributed by atoms with Crippen molar-refractivity contribution < 1.29 is 37.2 Å². The maximum atomic E-state index is 12.6. The number of nitrogens with one attached hydrogen (secondary N) is 5. The zero-order valence-corrected chi connectivity index (χ0v) is 21.0. The summed E-state index contributed by atoms with van der Waals surface area (Å²) < 4.78 is 20.1. The first-order chi connectivity index (χ1) is 19.4. The molecule has 13 heteroatoms. The van der Waals surface area contributed by atoms with Gasteiger partial charge < -0.3 is 38.9 Å². The number of benzene rings is 1. The van der Waals surface area contributed by atoms with Crippen molar-refractivity contribution in [1.29, 1.82) is 0 Å². The third-order valence-electron chi connectivity index (χ3n) is 5.77. The molecular weight excluding hydrogens is 522 g/mol. The van der Waals surface area contributed by atoms with Crippen LogP contribution >= 0.6 is 0 Å². The number of aromatic nitrogens is 1. The quantitative estimate of drug-likeness (QED) is 0.178. The number of para-hydroxylation sites is 1. The van der Waals surface area contributed by atoms with Crippen molar-refractivity contribution in [1.82, 2.24) is 10.3 Å². The van der Waals surface area contributed by atoms with Crippen molar-refractivity contribution in [2.24, 2.45) is 0 Å². The molecule has 0 aliphatic carbocycles. The number of aromatic amines is 1. The van der Waals surface area contributed by atoms with Crippen LogP contribution in [0.3, 0.4) is 0 Å². The van der Waals surface area contributed by atoms with Crippen LogP contribution in [0.15, 0.2) is 80.7 Å². The predicted molar refractivity (Wildman–Crippen MR) is 142 cm³/mol. The van der Waals surface area contributed by atoms with Crippen molar-refractivity contribution in [3.63, 3.8) is 0 Å². The van der Waals surface area contributed by atoms with Gasteiger partial charge in [0.2, 0.25) is 0 Å². The van der Waals surface area contributed by atoms with Crippen LogP contribution in [0.2, 0.25) is 0 Å². The summed E-state index contributed by atoms with van der Waals surface area (Å²) in [5.74, 6) is -1.86. The molecule has 4 amide bonds. The summed E-state index contributed by atoms with van der Waals surface area (Å²) in [5, 5.41) is 11.3. The summed E-state index contributed by atoms with van der Waals surface area (Å²) in [6.45, 7) is 0.394. The molecule has 4 aromatic heterocycles. The summed E-state index contributed by atoms with van der Waals surface area (Å²) in [5.41, 5.74) is 2.78. The highest BCUT2D eigenvalue weighted by Crippen LogP contribution is 2.21. The van der Waals surface area contributed by atoms with Crippen LogP contribution < -0.4 is 21.3 Å². The van der Waals surface area contributed by atoms with E-state index < -0.39 is 23.8 Å². The van der Waals surface area contributed by atoms with Crippen LogP contribution in [0.25, 0.3) is 10.9 Å². The Labute approximate surface area is 225 Å². The molecule has 0 atom stereocenters. The lowest BCUT2D eigenvalue weighted by molar-refractivity contribution is 0.0925. The fourth-order valence-corrected chi connectivity index (χ4v) is 3.85. The van der Waals surface area contributed by atoms with Gasteiger partial charge in [-0.3, -0.25) is 19.7 Å². The first-order valence-electron chi connectivity index (χ1n) is 12.0. The van der Waals surface area contributed by atoms with Gasteiger partial charge >= 0.3 is 6.09 Å². The predicted octanol–water partition coefficient (Wildman–Crippen LogP) is 4.60. The Kier molecular flexibility index (Phi) is 7.35. The van der Waals surface area contributed by atoms with E-state index in [1.165, 1.54) is 44.1 Å². The normalized spacial score (nSPS) is 10.7. The number of hydrogen-bond acceptors (Lipinski definition) is 8. The number of rotatable bonds is 9. The Hall–Kier alpha value is -5.72. The van der Waals surface area contributed by atoms with Gasteiger partial charge in [-0.25, -0.2) is 4.79 Å². The zero-order chi connectivity index (χ0) is 28.1. The molecule has 40 heavy (non-hydrogen) atoms. The Morgan fingerprint density at radius 2 is 1.32 bits per heavy atom. The Morgan fingerprint density at radius 1 is 0.775 bits per heavy atom. The summed E-state index contributed by atoms with van der Waals surface area (Å²) in [6, 6.07) is 11.9. The van der Waals surface area contributed by atoms with Crippen molar-refractivity contribution in [3.8, 4) is 0 Å². The van der Waals surface area contributed by atoms with E-state index in [2.05, 4.69) is 31.0 Å². The van der Waals surface area contributed by atoms with Gasteiger partial charge in [0.05, 0.1) is 24.2 Å². The van der Waals surface area contributed by atoms with Crippen molar-refractivity contribution in [2.45, 2.75) is 6.42 Å². The lowest BCUT2D eigenvalue weighted by atomic mass is 10.1. The van der Waals surface area contributed by atoms with E-state index in [1.54, 1.807) is 0 Å². The third kappa shape index (κ3) is 5.88. The SMILES string of the molecule is COC(=O)Nc1coc(C(=O)Nc2coc(C(=O)Nc3coc(C(=O)NCCc4c[nH]c5ccccc45)c3)c2)c1. The minimum absolute atomic E-state index is 0.0288. The first-order valence-corrected chi connectivity index (χ1v) is 12.0.